The SMILES string of the molecule is CCNC(=O)C1CCN(C(=O)c2ccc(N)c(Br)c2)CC1. The number of hydrogen-bond donors (Lipinski definition) is 2. The second kappa shape index (κ2) is 6.93. The van der Waals surface area contributed by atoms with Crippen molar-refractivity contribution in [2.24, 2.45) is 5.92 Å². The molecule has 6 heteroatoms. The van der Waals surface area contributed by atoms with E-state index in [9.17, 15) is 9.59 Å². The van der Waals surface area contributed by atoms with Gasteiger partial charge in [-0.25, -0.2) is 0 Å². The Kier molecular flexibility index (Phi) is 5.22. The van der Waals surface area contributed by atoms with Crippen LogP contribution < -0.4 is 11.1 Å². The third-order valence-electron chi connectivity index (χ3n) is 3.75. The topological polar surface area (TPSA) is 75.4 Å². The summed E-state index contributed by atoms with van der Waals surface area (Å²) in [7, 11) is 0. The molecule has 0 aliphatic carbocycles. The molecule has 1 heterocycles. The van der Waals surface area contributed by atoms with Gasteiger partial charge in [0.25, 0.3) is 5.91 Å². The summed E-state index contributed by atoms with van der Waals surface area (Å²) in [4.78, 5) is 26.0. The maximum Gasteiger partial charge on any atom is 0.253 e. The highest BCUT2D eigenvalue weighted by Crippen LogP contribution is 2.23. The Morgan fingerprint density at radius 1 is 1.38 bits per heavy atom. The van der Waals surface area contributed by atoms with Crippen LogP contribution in [0.25, 0.3) is 0 Å². The molecule has 1 aromatic carbocycles. The molecule has 1 aromatic rings. The van der Waals surface area contributed by atoms with E-state index in [1.807, 2.05) is 6.92 Å². The van der Waals surface area contributed by atoms with Crippen LogP contribution in [-0.4, -0.2) is 36.3 Å². The van der Waals surface area contributed by atoms with Crippen molar-refractivity contribution in [3.63, 3.8) is 0 Å². The zero-order chi connectivity index (χ0) is 15.4. The van der Waals surface area contributed by atoms with E-state index in [-0.39, 0.29) is 17.7 Å². The number of amides is 2. The van der Waals surface area contributed by atoms with E-state index in [0.717, 1.165) is 4.47 Å². The van der Waals surface area contributed by atoms with E-state index in [2.05, 4.69) is 21.2 Å². The van der Waals surface area contributed by atoms with Crippen molar-refractivity contribution in [1.82, 2.24) is 10.2 Å². The fraction of sp³-hybridized carbons (Fsp3) is 0.467. The van der Waals surface area contributed by atoms with Gasteiger partial charge in [-0.15, -0.1) is 0 Å². The lowest BCUT2D eigenvalue weighted by molar-refractivity contribution is -0.126. The average Bonchev–Trinajstić information content (AvgIpc) is 2.50. The van der Waals surface area contributed by atoms with Gasteiger partial charge in [-0.05, 0) is 53.9 Å². The van der Waals surface area contributed by atoms with Crippen molar-refractivity contribution < 1.29 is 9.59 Å². The van der Waals surface area contributed by atoms with E-state index in [1.54, 1.807) is 23.1 Å². The first-order valence-electron chi connectivity index (χ1n) is 7.15. The fourth-order valence-electron chi connectivity index (χ4n) is 2.51. The highest BCUT2D eigenvalue weighted by atomic mass is 79.9. The van der Waals surface area contributed by atoms with Gasteiger partial charge >= 0.3 is 0 Å². The molecular formula is C15H20BrN3O2. The molecule has 0 spiro atoms. The van der Waals surface area contributed by atoms with Crippen LogP contribution in [0.5, 0.6) is 0 Å². The second-order valence-corrected chi connectivity index (χ2v) is 6.05. The number of carbonyl (C=O) groups excluding carboxylic acids is 2. The van der Waals surface area contributed by atoms with Crippen LogP contribution >= 0.6 is 15.9 Å². The van der Waals surface area contributed by atoms with E-state index in [1.165, 1.54) is 0 Å². The summed E-state index contributed by atoms with van der Waals surface area (Å²) < 4.78 is 0.727. The van der Waals surface area contributed by atoms with Crippen LogP contribution in [0.2, 0.25) is 0 Å². The Morgan fingerprint density at radius 3 is 2.62 bits per heavy atom. The van der Waals surface area contributed by atoms with Crippen LogP contribution in [0.3, 0.4) is 0 Å². The molecule has 0 bridgehead atoms. The highest BCUT2D eigenvalue weighted by Gasteiger charge is 2.27. The molecule has 2 rings (SSSR count). The Bertz CT molecular complexity index is 540. The van der Waals surface area contributed by atoms with Gasteiger partial charge in [-0.1, -0.05) is 0 Å². The molecule has 0 saturated carbocycles. The summed E-state index contributed by atoms with van der Waals surface area (Å²) in [5, 5.41) is 2.84. The number of nitrogen functional groups attached to an aromatic ring is 1. The molecule has 0 atom stereocenters. The number of benzene rings is 1. The number of halogens is 1. The lowest BCUT2D eigenvalue weighted by atomic mass is 9.95. The number of hydrogen-bond acceptors (Lipinski definition) is 3. The van der Waals surface area contributed by atoms with Crippen molar-refractivity contribution in [2.45, 2.75) is 19.8 Å². The Morgan fingerprint density at radius 2 is 2.05 bits per heavy atom. The first kappa shape index (κ1) is 15.8. The van der Waals surface area contributed by atoms with E-state index >= 15 is 0 Å². The number of anilines is 1. The lowest BCUT2D eigenvalue weighted by Crippen LogP contribution is -2.43. The highest BCUT2D eigenvalue weighted by molar-refractivity contribution is 9.10. The zero-order valence-corrected chi connectivity index (χ0v) is 13.6. The zero-order valence-electron chi connectivity index (χ0n) is 12.1. The minimum absolute atomic E-state index is 0.00921. The molecule has 1 aliphatic heterocycles. The number of likely N-dealkylation sites (tertiary alicyclic amines) is 1. The number of nitrogens with one attached hydrogen (secondary N) is 1. The molecule has 1 fully saturated rings. The molecule has 0 radical (unpaired) electrons. The van der Waals surface area contributed by atoms with E-state index in [0.29, 0.717) is 43.7 Å². The number of nitrogens with zero attached hydrogens (tertiary/aromatic N) is 1. The van der Waals surface area contributed by atoms with Gasteiger partial charge in [0.1, 0.15) is 0 Å². The number of rotatable bonds is 3. The number of nitrogens with two attached hydrogens (primary N) is 1. The average molecular weight is 354 g/mol. The summed E-state index contributed by atoms with van der Waals surface area (Å²) >= 11 is 3.34. The van der Waals surface area contributed by atoms with Gasteiger partial charge in [0.15, 0.2) is 0 Å². The maximum atomic E-state index is 12.4. The molecule has 3 N–H and O–H groups in total. The number of piperidine rings is 1. The van der Waals surface area contributed by atoms with Crippen molar-refractivity contribution in [1.29, 1.82) is 0 Å². The van der Waals surface area contributed by atoms with Crippen molar-refractivity contribution >= 4 is 33.4 Å². The van der Waals surface area contributed by atoms with Crippen molar-refractivity contribution in [2.75, 3.05) is 25.4 Å². The third kappa shape index (κ3) is 3.75. The van der Waals surface area contributed by atoms with Gasteiger partial charge in [-0.2, -0.15) is 0 Å². The van der Waals surface area contributed by atoms with E-state index < -0.39 is 0 Å². The van der Waals surface area contributed by atoms with Crippen LogP contribution in [0, 0.1) is 5.92 Å². The molecule has 0 aromatic heterocycles. The molecular weight excluding hydrogens is 334 g/mol. The molecule has 1 aliphatic rings. The molecule has 21 heavy (non-hydrogen) atoms. The minimum Gasteiger partial charge on any atom is -0.398 e. The van der Waals surface area contributed by atoms with Crippen LogP contribution in [0.1, 0.15) is 30.1 Å². The molecule has 5 nitrogen and oxygen atoms in total. The van der Waals surface area contributed by atoms with Crippen molar-refractivity contribution in [3.8, 4) is 0 Å². The smallest absolute Gasteiger partial charge is 0.253 e. The fourth-order valence-corrected chi connectivity index (χ4v) is 2.88. The summed E-state index contributed by atoms with van der Waals surface area (Å²) in [6.07, 6.45) is 1.43. The van der Waals surface area contributed by atoms with Gasteiger partial charge in [0.2, 0.25) is 5.91 Å². The summed E-state index contributed by atoms with van der Waals surface area (Å²) in [6, 6.07) is 5.20. The van der Waals surface area contributed by atoms with Gasteiger partial charge in [0.05, 0.1) is 0 Å². The first-order chi connectivity index (χ1) is 10.0. The van der Waals surface area contributed by atoms with E-state index in [4.69, 9.17) is 5.73 Å². The van der Waals surface area contributed by atoms with Crippen LogP contribution in [0.4, 0.5) is 5.69 Å². The largest absolute Gasteiger partial charge is 0.398 e. The standard InChI is InChI=1S/C15H20BrN3O2/c1-2-18-14(20)10-5-7-19(8-6-10)15(21)11-3-4-13(17)12(16)9-11/h3-4,9-10H,2,5-8,17H2,1H3,(H,18,20). The predicted molar refractivity (Wildman–Crippen MR) is 85.9 cm³/mol. The summed E-state index contributed by atoms with van der Waals surface area (Å²) in [5.41, 5.74) is 6.96. The number of carbonyl (C=O) groups is 2. The van der Waals surface area contributed by atoms with Gasteiger partial charge in [-0.3, -0.25) is 9.59 Å². The molecule has 114 valence electrons. The molecule has 2 amide bonds. The minimum atomic E-state index is -0.00921. The van der Waals surface area contributed by atoms with Crippen LogP contribution in [-0.2, 0) is 4.79 Å². The van der Waals surface area contributed by atoms with Crippen LogP contribution in [0.15, 0.2) is 22.7 Å². The molecule has 1 saturated heterocycles. The Balaban J connectivity index is 1.97. The second-order valence-electron chi connectivity index (χ2n) is 5.20. The first-order valence-corrected chi connectivity index (χ1v) is 7.94. The molecule has 0 unspecified atom stereocenters. The Hall–Kier alpha value is -1.56. The predicted octanol–water partition coefficient (Wildman–Crippen LogP) is 2.02. The summed E-state index contributed by atoms with van der Waals surface area (Å²) in [5.74, 6) is 0.108. The summed E-state index contributed by atoms with van der Waals surface area (Å²) in [6.45, 7) is 3.79. The van der Waals surface area contributed by atoms with Crippen molar-refractivity contribution in [3.05, 3.63) is 28.2 Å². The third-order valence-corrected chi connectivity index (χ3v) is 4.44. The maximum absolute atomic E-state index is 12.4. The Labute approximate surface area is 133 Å². The lowest BCUT2D eigenvalue weighted by Gasteiger charge is -2.31. The monoisotopic (exact) mass is 353 g/mol. The normalized spacial score (nSPS) is 15.8. The quantitative estimate of drug-likeness (QED) is 0.816. The van der Waals surface area contributed by atoms with Gasteiger partial charge < -0.3 is 16.0 Å². The van der Waals surface area contributed by atoms with Gasteiger partial charge in [0, 0.05) is 41.3 Å².